The van der Waals surface area contributed by atoms with E-state index in [2.05, 4.69) is 32.9 Å². The van der Waals surface area contributed by atoms with Crippen molar-refractivity contribution >= 4 is 50.7 Å². The number of aromatic nitrogens is 1. The third kappa shape index (κ3) is 4.27. The fourth-order valence-electron chi connectivity index (χ4n) is 1.33. The first kappa shape index (κ1) is 14.9. The van der Waals surface area contributed by atoms with E-state index in [0.717, 1.165) is 3.57 Å². The Balaban J connectivity index is 1.85. The molecule has 0 unspecified atom stereocenters. The molecule has 1 amide bonds. The molecule has 0 aliphatic carbocycles. The van der Waals surface area contributed by atoms with Crippen LogP contribution in [0.5, 0.6) is 5.75 Å². The molecule has 0 saturated carbocycles. The monoisotopic (exact) mass is 402 g/mol. The molecule has 0 fully saturated rings. The molecule has 0 spiro atoms. The number of amides is 1. The quantitative estimate of drug-likeness (QED) is 0.617. The Morgan fingerprint density at radius 3 is 2.65 bits per heavy atom. The lowest BCUT2D eigenvalue weighted by Gasteiger charge is -2.05. The first-order valence-corrected chi connectivity index (χ1v) is 7.65. The minimum absolute atomic E-state index is 0.102. The van der Waals surface area contributed by atoms with Crippen LogP contribution in [0.25, 0.3) is 0 Å². The number of carbonyl (C=O) groups excluding carboxylic acids is 2. The number of hydrogen-bond acceptors (Lipinski definition) is 5. The third-order valence-electron chi connectivity index (χ3n) is 2.29. The van der Waals surface area contributed by atoms with E-state index in [9.17, 15) is 9.59 Å². The van der Waals surface area contributed by atoms with Gasteiger partial charge in [-0.25, -0.2) is 4.98 Å². The maximum Gasteiger partial charge on any atom is 0.264 e. The van der Waals surface area contributed by atoms with Crippen LogP contribution in [-0.4, -0.2) is 23.3 Å². The van der Waals surface area contributed by atoms with Crippen LogP contribution in [0.3, 0.4) is 0 Å². The first-order chi connectivity index (χ1) is 9.54. The van der Waals surface area contributed by atoms with Crippen LogP contribution in [0.2, 0.25) is 0 Å². The Labute approximate surface area is 133 Å². The van der Waals surface area contributed by atoms with Gasteiger partial charge in [-0.3, -0.25) is 14.9 Å². The molecule has 0 aliphatic heterocycles. The molecule has 1 heterocycles. The van der Waals surface area contributed by atoms with E-state index in [1.165, 1.54) is 18.3 Å². The number of halogens is 1. The van der Waals surface area contributed by atoms with E-state index in [4.69, 9.17) is 4.74 Å². The summed E-state index contributed by atoms with van der Waals surface area (Å²) in [6.07, 6.45) is 0. The van der Waals surface area contributed by atoms with Crippen molar-refractivity contribution in [3.05, 3.63) is 38.9 Å². The van der Waals surface area contributed by atoms with Gasteiger partial charge in [0, 0.05) is 15.9 Å². The van der Waals surface area contributed by atoms with Gasteiger partial charge in [0.2, 0.25) is 0 Å². The van der Waals surface area contributed by atoms with Crippen molar-refractivity contribution in [3.8, 4) is 5.75 Å². The van der Waals surface area contributed by atoms with Crippen molar-refractivity contribution in [1.29, 1.82) is 0 Å². The van der Waals surface area contributed by atoms with Crippen LogP contribution in [-0.2, 0) is 4.79 Å². The minimum Gasteiger partial charge on any atom is -0.484 e. The number of Topliss-reactive ketones (excluding diaryl/α,β-unsaturated/α-hetero) is 1. The zero-order valence-electron chi connectivity index (χ0n) is 10.6. The van der Waals surface area contributed by atoms with E-state index >= 15 is 0 Å². The SMILES string of the molecule is CC(=O)c1csc(NC(=O)COc2ccc(I)cc2)n1. The summed E-state index contributed by atoms with van der Waals surface area (Å²) in [6.45, 7) is 1.33. The normalized spacial score (nSPS) is 10.1. The van der Waals surface area contributed by atoms with Gasteiger partial charge in [-0.2, -0.15) is 0 Å². The number of carbonyl (C=O) groups is 2. The predicted molar refractivity (Wildman–Crippen MR) is 85.4 cm³/mol. The number of thiazole rings is 1. The van der Waals surface area contributed by atoms with Crippen LogP contribution in [0.15, 0.2) is 29.6 Å². The lowest BCUT2D eigenvalue weighted by Crippen LogP contribution is -2.20. The van der Waals surface area contributed by atoms with Gasteiger partial charge in [-0.05, 0) is 46.9 Å². The molecule has 0 atom stereocenters. The molecule has 20 heavy (non-hydrogen) atoms. The summed E-state index contributed by atoms with van der Waals surface area (Å²) in [5.74, 6) is 0.189. The fraction of sp³-hybridized carbons (Fsp3) is 0.154. The lowest BCUT2D eigenvalue weighted by molar-refractivity contribution is -0.118. The van der Waals surface area contributed by atoms with Crippen LogP contribution < -0.4 is 10.1 Å². The first-order valence-electron chi connectivity index (χ1n) is 5.69. The zero-order chi connectivity index (χ0) is 14.5. The summed E-state index contributed by atoms with van der Waals surface area (Å²) in [7, 11) is 0. The predicted octanol–water partition coefficient (Wildman–Crippen LogP) is 2.97. The van der Waals surface area contributed by atoms with Gasteiger partial charge in [0.15, 0.2) is 17.5 Å². The standard InChI is InChI=1S/C13H11IN2O3S/c1-8(17)11-7-20-13(15-11)16-12(18)6-19-10-4-2-9(14)3-5-10/h2-5,7H,6H2,1H3,(H,15,16,18). The molecule has 1 aromatic carbocycles. The highest BCUT2D eigenvalue weighted by Gasteiger charge is 2.09. The third-order valence-corrected chi connectivity index (χ3v) is 3.77. The zero-order valence-corrected chi connectivity index (χ0v) is 13.5. The fourth-order valence-corrected chi connectivity index (χ4v) is 2.45. The minimum atomic E-state index is -0.312. The van der Waals surface area contributed by atoms with E-state index < -0.39 is 0 Å². The highest BCUT2D eigenvalue weighted by Crippen LogP contribution is 2.16. The molecule has 5 nitrogen and oxygen atoms in total. The van der Waals surface area contributed by atoms with Gasteiger partial charge in [0.25, 0.3) is 5.91 Å². The molecule has 2 rings (SSSR count). The lowest BCUT2D eigenvalue weighted by atomic mass is 10.3. The van der Waals surface area contributed by atoms with Crippen molar-refractivity contribution in [2.75, 3.05) is 11.9 Å². The topological polar surface area (TPSA) is 68.3 Å². The van der Waals surface area contributed by atoms with Gasteiger partial charge in [0.1, 0.15) is 11.4 Å². The number of rotatable bonds is 5. The molecule has 2 aromatic rings. The van der Waals surface area contributed by atoms with Gasteiger partial charge in [-0.1, -0.05) is 0 Å². The van der Waals surface area contributed by atoms with Crippen molar-refractivity contribution in [3.63, 3.8) is 0 Å². The second-order valence-electron chi connectivity index (χ2n) is 3.88. The van der Waals surface area contributed by atoms with Crippen LogP contribution in [0, 0.1) is 3.57 Å². The Kier molecular flexibility index (Phi) is 5.07. The van der Waals surface area contributed by atoms with Crippen molar-refractivity contribution in [2.45, 2.75) is 6.92 Å². The average Bonchev–Trinajstić information content (AvgIpc) is 2.87. The molecule has 1 aromatic heterocycles. The average molecular weight is 402 g/mol. The Morgan fingerprint density at radius 2 is 2.05 bits per heavy atom. The van der Waals surface area contributed by atoms with Crippen LogP contribution in [0.1, 0.15) is 17.4 Å². The Morgan fingerprint density at radius 1 is 1.35 bits per heavy atom. The van der Waals surface area contributed by atoms with Gasteiger partial charge in [-0.15, -0.1) is 11.3 Å². The molecule has 0 radical (unpaired) electrons. The Hall–Kier alpha value is -1.48. The van der Waals surface area contributed by atoms with E-state index in [-0.39, 0.29) is 18.3 Å². The highest BCUT2D eigenvalue weighted by molar-refractivity contribution is 14.1. The second kappa shape index (κ2) is 6.80. The molecule has 104 valence electrons. The molecular formula is C13H11IN2O3S. The summed E-state index contributed by atoms with van der Waals surface area (Å²) in [5.41, 5.74) is 0.351. The summed E-state index contributed by atoms with van der Waals surface area (Å²) < 4.78 is 6.44. The smallest absolute Gasteiger partial charge is 0.264 e. The summed E-state index contributed by atoms with van der Waals surface area (Å²) in [6, 6.07) is 7.39. The highest BCUT2D eigenvalue weighted by atomic mass is 127. The van der Waals surface area contributed by atoms with E-state index in [1.54, 1.807) is 17.5 Å². The van der Waals surface area contributed by atoms with Crippen molar-refractivity contribution in [1.82, 2.24) is 4.98 Å². The van der Waals surface area contributed by atoms with Crippen LogP contribution >= 0.6 is 33.9 Å². The number of benzene rings is 1. The number of ether oxygens (including phenoxy) is 1. The largest absolute Gasteiger partial charge is 0.484 e. The molecule has 0 saturated heterocycles. The van der Waals surface area contributed by atoms with Gasteiger partial charge in [0.05, 0.1) is 0 Å². The number of nitrogens with zero attached hydrogens (tertiary/aromatic N) is 1. The van der Waals surface area contributed by atoms with E-state index in [1.807, 2.05) is 12.1 Å². The van der Waals surface area contributed by atoms with Gasteiger partial charge >= 0.3 is 0 Å². The number of hydrogen-bond donors (Lipinski definition) is 1. The summed E-state index contributed by atoms with van der Waals surface area (Å²) >= 11 is 3.40. The molecule has 1 N–H and O–H groups in total. The number of ketones is 1. The molecular weight excluding hydrogens is 391 g/mol. The second-order valence-corrected chi connectivity index (χ2v) is 5.99. The van der Waals surface area contributed by atoms with Gasteiger partial charge < -0.3 is 4.74 Å². The van der Waals surface area contributed by atoms with Crippen LogP contribution in [0.4, 0.5) is 5.13 Å². The number of nitrogens with one attached hydrogen (secondary N) is 1. The maximum atomic E-state index is 11.7. The van der Waals surface area contributed by atoms with Crippen molar-refractivity contribution < 1.29 is 14.3 Å². The van der Waals surface area contributed by atoms with Crippen molar-refractivity contribution in [2.24, 2.45) is 0 Å². The maximum absolute atomic E-state index is 11.7. The molecule has 0 aliphatic rings. The Bertz CT molecular complexity index is 625. The summed E-state index contributed by atoms with van der Waals surface area (Å²) in [4.78, 5) is 26.8. The molecule has 0 bridgehead atoms. The molecule has 7 heteroatoms. The summed E-state index contributed by atoms with van der Waals surface area (Å²) in [5, 5.41) is 4.59. The number of anilines is 1. The van der Waals surface area contributed by atoms with E-state index in [0.29, 0.717) is 16.6 Å².